The Morgan fingerprint density at radius 2 is 2.14 bits per heavy atom. The second-order valence-corrected chi connectivity index (χ2v) is 8.42. The Labute approximate surface area is 140 Å². The minimum absolute atomic E-state index is 0.204. The molecule has 0 amide bonds. The van der Waals surface area contributed by atoms with Crippen LogP contribution in [-0.2, 0) is 0 Å². The SMILES string of the molecule is CC1CCC2(CC1)CSC(=NC(C)c1cccc(Br)c1)N2. The molecule has 2 aliphatic rings. The maximum atomic E-state index is 4.90. The van der Waals surface area contributed by atoms with Gasteiger partial charge in [-0.05, 0) is 56.2 Å². The molecule has 1 spiro atoms. The van der Waals surface area contributed by atoms with Crippen LogP contribution in [-0.4, -0.2) is 16.5 Å². The van der Waals surface area contributed by atoms with Crippen molar-refractivity contribution in [2.24, 2.45) is 10.9 Å². The average Bonchev–Trinajstić information content (AvgIpc) is 2.85. The Morgan fingerprint density at radius 3 is 2.86 bits per heavy atom. The third-order valence-electron chi connectivity index (χ3n) is 4.73. The van der Waals surface area contributed by atoms with E-state index in [0.717, 1.165) is 15.6 Å². The van der Waals surface area contributed by atoms with E-state index in [-0.39, 0.29) is 6.04 Å². The highest BCUT2D eigenvalue weighted by Crippen LogP contribution is 2.38. The summed E-state index contributed by atoms with van der Waals surface area (Å²) in [6.07, 6.45) is 5.29. The highest BCUT2D eigenvalue weighted by atomic mass is 79.9. The minimum Gasteiger partial charge on any atom is -0.359 e. The molecule has 2 nitrogen and oxygen atoms in total. The fraction of sp³-hybridized carbons (Fsp3) is 0.588. The van der Waals surface area contributed by atoms with Gasteiger partial charge < -0.3 is 5.32 Å². The number of thioether (sulfide) groups is 1. The van der Waals surface area contributed by atoms with Crippen LogP contribution < -0.4 is 5.32 Å². The third kappa shape index (κ3) is 3.65. The Morgan fingerprint density at radius 1 is 1.38 bits per heavy atom. The Bertz CT molecular complexity index is 535. The normalized spacial score (nSPS) is 32.3. The van der Waals surface area contributed by atoms with E-state index >= 15 is 0 Å². The van der Waals surface area contributed by atoms with Crippen LogP contribution in [0.15, 0.2) is 33.7 Å². The lowest BCUT2D eigenvalue weighted by Crippen LogP contribution is -2.46. The molecule has 1 saturated heterocycles. The number of benzene rings is 1. The van der Waals surface area contributed by atoms with Crippen LogP contribution in [0.1, 0.15) is 51.1 Å². The number of nitrogens with one attached hydrogen (secondary N) is 1. The molecule has 21 heavy (non-hydrogen) atoms. The van der Waals surface area contributed by atoms with E-state index in [1.807, 2.05) is 11.8 Å². The number of halogens is 1. The number of rotatable bonds is 2. The van der Waals surface area contributed by atoms with Crippen LogP contribution in [0.5, 0.6) is 0 Å². The van der Waals surface area contributed by atoms with Gasteiger partial charge in [0, 0.05) is 15.8 Å². The fourth-order valence-electron chi connectivity index (χ4n) is 3.18. The van der Waals surface area contributed by atoms with Gasteiger partial charge in [0.15, 0.2) is 5.17 Å². The molecule has 4 heteroatoms. The summed E-state index contributed by atoms with van der Waals surface area (Å²) in [4.78, 5) is 4.90. The molecular formula is C17H23BrN2S. The van der Waals surface area contributed by atoms with E-state index in [0.29, 0.717) is 5.54 Å². The Hall–Kier alpha value is -0.480. The molecule has 2 fully saturated rings. The topological polar surface area (TPSA) is 24.4 Å². The van der Waals surface area contributed by atoms with E-state index < -0.39 is 0 Å². The van der Waals surface area contributed by atoms with E-state index in [2.05, 4.69) is 59.4 Å². The van der Waals surface area contributed by atoms with Crippen molar-refractivity contribution in [3.05, 3.63) is 34.3 Å². The second-order valence-electron chi connectivity index (χ2n) is 6.54. The molecule has 0 radical (unpaired) electrons. The van der Waals surface area contributed by atoms with Crippen molar-refractivity contribution in [2.45, 2.75) is 51.1 Å². The molecule has 1 unspecified atom stereocenters. The summed E-state index contributed by atoms with van der Waals surface area (Å²) < 4.78 is 1.12. The van der Waals surface area contributed by atoms with Crippen molar-refractivity contribution in [1.29, 1.82) is 0 Å². The van der Waals surface area contributed by atoms with Gasteiger partial charge in [-0.15, -0.1) is 0 Å². The summed E-state index contributed by atoms with van der Waals surface area (Å²) in [6.45, 7) is 4.55. The van der Waals surface area contributed by atoms with Gasteiger partial charge in [0.1, 0.15) is 0 Å². The van der Waals surface area contributed by atoms with E-state index in [1.165, 1.54) is 37.0 Å². The number of hydrogen-bond donors (Lipinski definition) is 1. The first kappa shape index (κ1) is 15.4. The third-order valence-corrected chi connectivity index (χ3v) is 6.40. The minimum atomic E-state index is 0.204. The molecule has 0 aromatic heterocycles. The summed E-state index contributed by atoms with van der Waals surface area (Å²) in [5.74, 6) is 2.08. The second kappa shape index (κ2) is 6.33. The number of hydrogen-bond acceptors (Lipinski definition) is 2. The molecule has 1 aliphatic heterocycles. The zero-order valence-electron chi connectivity index (χ0n) is 12.7. The summed E-state index contributed by atoms with van der Waals surface area (Å²) >= 11 is 5.44. The van der Waals surface area contributed by atoms with Gasteiger partial charge >= 0.3 is 0 Å². The maximum Gasteiger partial charge on any atom is 0.157 e. The van der Waals surface area contributed by atoms with Crippen LogP contribution in [0, 0.1) is 5.92 Å². The molecule has 1 saturated carbocycles. The lowest BCUT2D eigenvalue weighted by atomic mass is 9.78. The largest absolute Gasteiger partial charge is 0.359 e. The molecule has 114 valence electrons. The highest BCUT2D eigenvalue weighted by Gasteiger charge is 2.39. The van der Waals surface area contributed by atoms with Crippen molar-refractivity contribution in [3.8, 4) is 0 Å². The molecule has 1 heterocycles. The monoisotopic (exact) mass is 366 g/mol. The van der Waals surface area contributed by atoms with Crippen LogP contribution >= 0.6 is 27.7 Å². The predicted octanol–water partition coefficient (Wildman–Crippen LogP) is 5.15. The van der Waals surface area contributed by atoms with Crippen molar-refractivity contribution >= 4 is 32.9 Å². The van der Waals surface area contributed by atoms with Crippen LogP contribution in [0.25, 0.3) is 0 Å². The Kier molecular flexibility index (Phi) is 4.65. The Balaban J connectivity index is 1.68. The standard InChI is InChI=1S/C17H23BrN2S/c1-12-6-8-17(9-7-12)11-21-16(20-17)19-13(2)14-4-3-5-15(18)10-14/h3-5,10,12-13H,6-9,11H2,1-2H3,(H,19,20). The number of amidine groups is 1. The van der Waals surface area contributed by atoms with E-state index in [1.54, 1.807) is 0 Å². The summed E-state index contributed by atoms with van der Waals surface area (Å²) in [7, 11) is 0. The lowest BCUT2D eigenvalue weighted by Gasteiger charge is -2.35. The number of aliphatic imine (C=N–C) groups is 1. The maximum absolute atomic E-state index is 4.90. The molecule has 1 aromatic carbocycles. The van der Waals surface area contributed by atoms with Crippen molar-refractivity contribution in [3.63, 3.8) is 0 Å². The van der Waals surface area contributed by atoms with Gasteiger partial charge in [0.25, 0.3) is 0 Å². The van der Waals surface area contributed by atoms with E-state index in [4.69, 9.17) is 4.99 Å². The molecule has 1 N–H and O–H groups in total. The lowest BCUT2D eigenvalue weighted by molar-refractivity contribution is 0.250. The van der Waals surface area contributed by atoms with Crippen LogP contribution in [0.3, 0.4) is 0 Å². The fourth-order valence-corrected chi connectivity index (χ4v) is 4.89. The molecule has 0 bridgehead atoms. The van der Waals surface area contributed by atoms with Gasteiger partial charge in [-0.1, -0.05) is 46.7 Å². The van der Waals surface area contributed by atoms with Gasteiger partial charge in [-0.3, -0.25) is 4.99 Å². The van der Waals surface area contributed by atoms with Crippen molar-refractivity contribution in [2.75, 3.05) is 5.75 Å². The number of nitrogens with zero attached hydrogens (tertiary/aromatic N) is 1. The van der Waals surface area contributed by atoms with Gasteiger partial charge in [0.2, 0.25) is 0 Å². The molecule has 1 atom stereocenters. The average molecular weight is 367 g/mol. The zero-order valence-corrected chi connectivity index (χ0v) is 15.1. The first-order valence-corrected chi connectivity index (χ1v) is 9.58. The molecule has 3 rings (SSSR count). The molecule has 1 aromatic rings. The quantitative estimate of drug-likeness (QED) is 0.782. The smallest absolute Gasteiger partial charge is 0.157 e. The highest BCUT2D eigenvalue weighted by molar-refractivity contribution is 9.10. The first-order chi connectivity index (χ1) is 10.1. The zero-order chi connectivity index (χ0) is 14.9. The predicted molar refractivity (Wildman–Crippen MR) is 95.9 cm³/mol. The summed E-state index contributed by atoms with van der Waals surface area (Å²) in [6, 6.07) is 8.65. The summed E-state index contributed by atoms with van der Waals surface area (Å²) in [5.41, 5.74) is 1.59. The van der Waals surface area contributed by atoms with Gasteiger partial charge in [0.05, 0.1) is 6.04 Å². The first-order valence-electron chi connectivity index (χ1n) is 7.81. The molecule has 1 aliphatic carbocycles. The van der Waals surface area contributed by atoms with Crippen LogP contribution in [0.4, 0.5) is 0 Å². The summed E-state index contributed by atoms with van der Waals surface area (Å²) in [5, 5.41) is 4.88. The molecular weight excluding hydrogens is 344 g/mol. The van der Waals surface area contributed by atoms with Crippen LogP contribution in [0.2, 0.25) is 0 Å². The van der Waals surface area contributed by atoms with Gasteiger partial charge in [-0.2, -0.15) is 0 Å². The van der Waals surface area contributed by atoms with Crippen molar-refractivity contribution < 1.29 is 0 Å². The van der Waals surface area contributed by atoms with E-state index in [9.17, 15) is 0 Å². The van der Waals surface area contributed by atoms with Gasteiger partial charge in [-0.25, -0.2) is 0 Å². The van der Waals surface area contributed by atoms with Crippen molar-refractivity contribution in [1.82, 2.24) is 5.32 Å².